The molecule has 4 aromatic rings. The number of nitro groups is 1. The van der Waals surface area contributed by atoms with Crippen molar-refractivity contribution < 1.29 is 19.2 Å². The first-order chi connectivity index (χ1) is 20.2. The summed E-state index contributed by atoms with van der Waals surface area (Å²) >= 11 is 10.6. The number of hydrogen-bond acceptors (Lipinski definition) is 8. The third kappa shape index (κ3) is 5.80. The minimum absolute atomic E-state index is 0.0537. The van der Waals surface area contributed by atoms with Gasteiger partial charge in [0.1, 0.15) is 6.61 Å². The molecule has 214 valence electrons. The minimum atomic E-state index is -0.740. The monoisotopic (exact) mass is 667 g/mol. The Morgan fingerprint density at radius 2 is 1.95 bits per heavy atom. The molecule has 0 aliphatic carbocycles. The Morgan fingerprint density at radius 1 is 1.19 bits per heavy atom. The maximum Gasteiger partial charge on any atom is 0.338 e. The summed E-state index contributed by atoms with van der Waals surface area (Å²) in [5.41, 5.74) is 2.06. The van der Waals surface area contributed by atoms with Gasteiger partial charge in [-0.3, -0.25) is 19.5 Å². The van der Waals surface area contributed by atoms with E-state index in [9.17, 15) is 19.7 Å². The van der Waals surface area contributed by atoms with E-state index in [0.29, 0.717) is 42.1 Å². The van der Waals surface area contributed by atoms with Crippen LogP contribution in [0.15, 0.2) is 92.3 Å². The van der Waals surface area contributed by atoms with Gasteiger partial charge in [-0.2, -0.15) is 0 Å². The van der Waals surface area contributed by atoms with E-state index in [0.717, 1.165) is 22.5 Å². The second kappa shape index (κ2) is 12.4. The number of hydrogen-bond donors (Lipinski definition) is 0. The lowest BCUT2D eigenvalue weighted by atomic mass is 9.95. The first-order valence-corrected chi connectivity index (χ1v) is 14.7. The van der Waals surface area contributed by atoms with Crippen LogP contribution in [0.2, 0.25) is 5.02 Å². The standard InChI is InChI=1S/C30H23BrClN3O6S/c1-3-22-25(29(37)40-2)26(19-9-5-4-6-10-19)34-28(36)24(42-30(34)33-22)15-18-13-21(31)27(23(14-18)35(38)39)41-16-17-8-7-11-20(32)12-17/h4-15,26H,3,16H2,1-2H3/b24-15+/t26-/m0/s1. The van der Waals surface area contributed by atoms with Crippen LogP contribution >= 0.6 is 38.9 Å². The lowest BCUT2D eigenvalue weighted by Gasteiger charge is -2.25. The van der Waals surface area contributed by atoms with Gasteiger partial charge in [0.15, 0.2) is 4.80 Å². The molecule has 42 heavy (non-hydrogen) atoms. The minimum Gasteiger partial charge on any atom is -0.481 e. The summed E-state index contributed by atoms with van der Waals surface area (Å²) in [5.74, 6) is -0.510. The van der Waals surface area contributed by atoms with Crippen LogP contribution in [0.3, 0.4) is 0 Å². The molecule has 0 unspecified atom stereocenters. The van der Waals surface area contributed by atoms with Crippen molar-refractivity contribution in [2.24, 2.45) is 4.99 Å². The number of carbonyl (C=O) groups excluding carboxylic acids is 1. The van der Waals surface area contributed by atoms with Crippen LogP contribution in [-0.4, -0.2) is 22.6 Å². The van der Waals surface area contributed by atoms with E-state index >= 15 is 0 Å². The SMILES string of the molecule is CCC1=C(C(=O)OC)[C@H](c2ccccc2)n2c(s/c(=C/c3cc(Br)c(OCc4cccc(Cl)c4)c([N+](=O)[O-])c3)c2=O)=N1. The first-order valence-electron chi connectivity index (χ1n) is 12.7. The Morgan fingerprint density at radius 3 is 2.62 bits per heavy atom. The van der Waals surface area contributed by atoms with E-state index in [-0.39, 0.29) is 23.6 Å². The van der Waals surface area contributed by atoms with Gasteiger partial charge in [0.05, 0.1) is 38.4 Å². The van der Waals surface area contributed by atoms with E-state index in [1.165, 1.54) is 17.7 Å². The predicted molar refractivity (Wildman–Crippen MR) is 163 cm³/mol. The summed E-state index contributed by atoms with van der Waals surface area (Å²) < 4.78 is 13.0. The number of halogens is 2. The van der Waals surface area contributed by atoms with E-state index in [4.69, 9.17) is 21.1 Å². The fourth-order valence-electron chi connectivity index (χ4n) is 4.71. The number of thiazole rings is 1. The van der Waals surface area contributed by atoms with Crippen LogP contribution in [0, 0.1) is 10.1 Å². The van der Waals surface area contributed by atoms with E-state index in [2.05, 4.69) is 20.9 Å². The molecule has 3 aromatic carbocycles. The molecule has 2 heterocycles. The number of nitro benzene ring substituents is 1. The van der Waals surface area contributed by atoms with Crippen molar-refractivity contribution in [2.45, 2.75) is 26.0 Å². The quantitative estimate of drug-likeness (QED) is 0.135. The molecule has 1 aliphatic rings. The third-order valence-corrected chi connectivity index (χ3v) is 8.39. The molecular weight excluding hydrogens is 646 g/mol. The highest BCUT2D eigenvalue weighted by Gasteiger charge is 2.33. The lowest BCUT2D eigenvalue weighted by Crippen LogP contribution is -2.40. The van der Waals surface area contributed by atoms with Gasteiger partial charge in [-0.1, -0.05) is 72.3 Å². The van der Waals surface area contributed by atoms with Crippen molar-refractivity contribution in [1.29, 1.82) is 0 Å². The maximum atomic E-state index is 13.8. The van der Waals surface area contributed by atoms with Gasteiger partial charge < -0.3 is 9.47 Å². The molecule has 1 atom stereocenters. The van der Waals surface area contributed by atoms with Gasteiger partial charge in [0.25, 0.3) is 5.56 Å². The van der Waals surface area contributed by atoms with E-state index < -0.39 is 16.9 Å². The number of methoxy groups -OCH3 is 1. The van der Waals surface area contributed by atoms with Crippen molar-refractivity contribution in [3.05, 3.63) is 134 Å². The topological polar surface area (TPSA) is 113 Å². The predicted octanol–water partition coefficient (Wildman–Crippen LogP) is 5.70. The van der Waals surface area contributed by atoms with Gasteiger partial charge in [-0.15, -0.1) is 0 Å². The van der Waals surface area contributed by atoms with Crippen molar-refractivity contribution in [3.63, 3.8) is 0 Å². The Hall–Kier alpha value is -4.06. The average Bonchev–Trinajstić information content (AvgIpc) is 3.29. The summed E-state index contributed by atoms with van der Waals surface area (Å²) in [5, 5.41) is 12.5. The Labute approximate surface area is 257 Å². The van der Waals surface area contributed by atoms with E-state index in [1.54, 1.807) is 36.4 Å². The molecule has 0 fully saturated rings. The Bertz CT molecular complexity index is 1920. The third-order valence-electron chi connectivity index (χ3n) is 6.58. The highest BCUT2D eigenvalue weighted by molar-refractivity contribution is 9.10. The molecule has 0 saturated carbocycles. The molecule has 0 spiro atoms. The lowest BCUT2D eigenvalue weighted by molar-refractivity contribution is -0.386. The molecule has 0 radical (unpaired) electrons. The van der Waals surface area contributed by atoms with Gasteiger partial charge in [0, 0.05) is 11.1 Å². The van der Waals surface area contributed by atoms with E-state index in [1.807, 2.05) is 37.3 Å². The number of fused-ring (bicyclic) bond motifs is 1. The van der Waals surface area contributed by atoms with Crippen molar-refractivity contribution in [3.8, 4) is 5.75 Å². The largest absolute Gasteiger partial charge is 0.481 e. The van der Waals surface area contributed by atoms with Crippen molar-refractivity contribution in [2.75, 3.05) is 7.11 Å². The number of benzene rings is 3. The number of carbonyl (C=O) groups is 1. The summed E-state index contributed by atoms with van der Waals surface area (Å²) in [4.78, 5) is 43.3. The van der Waals surface area contributed by atoms with Crippen LogP contribution in [-0.2, 0) is 16.1 Å². The second-order valence-corrected chi connectivity index (χ2v) is 11.5. The normalized spacial score (nSPS) is 14.8. The second-order valence-electron chi connectivity index (χ2n) is 9.23. The Balaban J connectivity index is 1.61. The van der Waals surface area contributed by atoms with Crippen LogP contribution in [0.5, 0.6) is 5.75 Å². The zero-order valence-corrected chi connectivity index (χ0v) is 25.5. The molecule has 1 aliphatic heterocycles. The zero-order valence-electron chi connectivity index (χ0n) is 22.4. The van der Waals surface area contributed by atoms with Crippen molar-refractivity contribution >= 4 is 56.6 Å². The maximum absolute atomic E-state index is 13.8. The number of aromatic nitrogens is 1. The summed E-state index contributed by atoms with van der Waals surface area (Å²) in [6.07, 6.45) is 2.02. The number of ether oxygens (including phenoxy) is 2. The molecular formula is C30H23BrClN3O6S. The number of esters is 1. The average molecular weight is 669 g/mol. The highest BCUT2D eigenvalue weighted by Crippen LogP contribution is 2.37. The molecule has 12 heteroatoms. The molecule has 1 aromatic heterocycles. The molecule has 0 saturated heterocycles. The molecule has 5 rings (SSSR count). The summed E-state index contributed by atoms with van der Waals surface area (Å²) in [6, 6.07) is 18.5. The zero-order chi connectivity index (χ0) is 30.0. The van der Waals surface area contributed by atoms with Gasteiger partial charge in [0.2, 0.25) is 5.75 Å². The molecule has 0 bridgehead atoms. The molecule has 9 nitrogen and oxygen atoms in total. The number of rotatable bonds is 8. The van der Waals surface area contributed by atoms with Gasteiger partial charge in [-0.05, 0) is 63.3 Å². The van der Waals surface area contributed by atoms with Gasteiger partial charge >= 0.3 is 11.7 Å². The van der Waals surface area contributed by atoms with Crippen LogP contribution in [0.25, 0.3) is 6.08 Å². The smallest absolute Gasteiger partial charge is 0.338 e. The molecule has 0 N–H and O–H groups in total. The summed E-state index contributed by atoms with van der Waals surface area (Å²) in [6.45, 7) is 1.95. The summed E-state index contributed by atoms with van der Waals surface area (Å²) in [7, 11) is 1.29. The van der Waals surface area contributed by atoms with Crippen molar-refractivity contribution in [1.82, 2.24) is 4.57 Å². The van der Waals surface area contributed by atoms with Crippen LogP contribution in [0.4, 0.5) is 5.69 Å². The Kier molecular flexibility index (Phi) is 8.72. The fraction of sp³-hybridized carbons (Fsp3) is 0.167. The highest BCUT2D eigenvalue weighted by atomic mass is 79.9. The fourth-order valence-corrected chi connectivity index (χ4v) is 6.52. The number of nitrogens with zero attached hydrogens (tertiary/aromatic N) is 3. The van der Waals surface area contributed by atoms with Crippen LogP contribution < -0.4 is 19.6 Å². The number of allylic oxidation sites excluding steroid dienone is 1. The molecule has 0 amide bonds. The first kappa shape index (κ1) is 29.4. The van der Waals surface area contributed by atoms with Gasteiger partial charge in [-0.25, -0.2) is 9.79 Å². The van der Waals surface area contributed by atoms with Crippen LogP contribution in [0.1, 0.15) is 36.1 Å².